The minimum absolute atomic E-state index is 0.0369. The van der Waals surface area contributed by atoms with E-state index in [4.69, 9.17) is 0 Å². The Hall–Kier alpha value is -3.12. The SMILES string of the molecule is Cc1ccc(CNC(=O)C(=O)NCC(O)c2cn(C)c3ccccc23)cc1. The molecule has 3 rings (SSSR count). The lowest BCUT2D eigenvalue weighted by Gasteiger charge is -2.11. The second-order valence-corrected chi connectivity index (χ2v) is 6.61. The Morgan fingerprint density at radius 3 is 2.44 bits per heavy atom. The fraction of sp³-hybridized carbons (Fsp3) is 0.238. The molecule has 27 heavy (non-hydrogen) atoms. The molecule has 0 saturated heterocycles. The van der Waals surface area contributed by atoms with Gasteiger partial charge in [-0.2, -0.15) is 0 Å². The zero-order valence-electron chi connectivity index (χ0n) is 15.4. The number of carbonyl (C=O) groups is 2. The molecule has 3 aromatic rings. The Morgan fingerprint density at radius 1 is 1.04 bits per heavy atom. The van der Waals surface area contributed by atoms with Crippen LogP contribution in [0.5, 0.6) is 0 Å². The summed E-state index contributed by atoms with van der Waals surface area (Å²) in [5.41, 5.74) is 3.75. The van der Waals surface area contributed by atoms with Crippen molar-refractivity contribution in [3.63, 3.8) is 0 Å². The van der Waals surface area contributed by atoms with E-state index in [1.807, 2.05) is 73.3 Å². The van der Waals surface area contributed by atoms with Crippen LogP contribution in [-0.4, -0.2) is 28.0 Å². The fourth-order valence-corrected chi connectivity index (χ4v) is 2.99. The number of carbonyl (C=O) groups excluding carboxylic acids is 2. The summed E-state index contributed by atoms with van der Waals surface area (Å²) >= 11 is 0. The quantitative estimate of drug-likeness (QED) is 0.605. The van der Waals surface area contributed by atoms with E-state index in [1.54, 1.807) is 0 Å². The average molecular weight is 365 g/mol. The first-order valence-corrected chi connectivity index (χ1v) is 8.79. The smallest absolute Gasteiger partial charge is 0.309 e. The number of aryl methyl sites for hydroxylation is 2. The molecular weight excluding hydrogens is 342 g/mol. The highest BCUT2D eigenvalue weighted by Crippen LogP contribution is 2.25. The van der Waals surface area contributed by atoms with E-state index < -0.39 is 17.9 Å². The third kappa shape index (κ3) is 4.35. The Bertz CT molecular complexity index is 960. The lowest BCUT2D eigenvalue weighted by Crippen LogP contribution is -2.41. The topological polar surface area (TPSA) is 83.4 Å². The van der Waals surface area contributed by atoms with Crippen LogP contribution in [0.15, 0.2) is 54.7 Å². The van der Waals surface area contributed by atoms with Crippen LogP contribution in [0.4, 0.5) is 0 Å². The molecule has 1 aromatic heterocycles. The van der Waals surface area contributed by atoms with E-state index in [2.05, 4.69) is 10.6 Å². The van der Waals surface area contributed by atoms with Crippen LogP contribution in [0.1, 0.15) is 22.8 Å². The maximum atomic E-state index is 12.0. The molecule has 1 atom stereocenters. The van der Waals surface area contributed by atoms with E-state index in [0.717, 1.165) is 22.0 Å². The fourth-order valence-electron chi connectivity index (χ4n) is 2.99. The molecular formula is C21H23N3O3. The predicted molar refractivity (Wildman–Crippen MR) is 104 cm³/mol. The van der Waals surface area contributed by atoms with Crippen molar-refractivity contribution in [3.8, 4) is 0 Å². The van der Waals surface area contributed by atoms with Gasteiger partial charge in [-0.25, -0.2) is 0 Å². The summed E-state index contributed by atoms with van der Waals surface area (Å²) in [4.78, 5) is 23.9. The third-order valence-electron chi connectivity index (χ3n) is 4.52. The Labute approximate surface area is 157 Å². The molecule has 0 aliphatic carbocycles. The molecule has 0 radical (unpaired) electrons. The number of hydrogen-bond donors (Lipinski definition) is 3. The Balaban J connectivity index is 1.54. The molecule has 1 unspecified atom stereocenters. The number of amides is 2. The number of nitrogens with zero attached hydrogens (tertiary/aromatic N) is 1. The van der Waals surface area contributed by atoms with Gasteiger partial charge in [-0.3, -0.25) is 9.59 Å². The van der Waals surface area contributed by atoms with Crippen molar-refractivity contribution >= 4 is 22.7 Å². The number of para-hydroxylation sites is 1. The highest BCUT2D eigenvalue weighted by molar-refractivity contribution is 6.35. The second kappa shape index (κ2) is 8.05. The monoisotopic (exact) mass is 365 g/mol. The maximum absolute atomic E-state index is 12.0. The van der Waals surface area contributed by atoms with E-state index in [-0.39, 0.29) is 13.1 Å². The van der Waals surface area contributed by atoms with Crippen LogP contribution >= 0.6 is 0 Å². The lowest BCUT2D eigenvalue weighted by atomic mass is 10.1. The van der Waals surface area contributed by atoms with Crippen molar-refractivity contribution in [2.24, 2.45) is 7.05 Å². The van der Waals surface area contributed by atoms with Crippen LogP contribution in [0.2, 0.25) is 0 Å². The summed E-state index contributed by atoms with van der Waals surface area (Å²) in [7, 11) is 1.90. The van der Waals surface area contributed by atoms with Gasteiger partial charge in [0.25, 0.3) is 0 Å². The summed E-state index contributed by atoms with van der Waals surface area (Å²) in [5.74, 6) is -1.48. The molecule has 0 spiro atoms. The minimum Gasteiger partial charge on any atom is -0.386 e. The summed E-state index contributed by atoms with van der Waals surface area (Å²) in [6.45, 7) is 2.22. The van der Waals surface area contributed by atoms with Gasteiger partial charge in [-0.1, -0.05) is 48.0 Å². The lowest BCUT2D eigenvalue weighted by molar-refractivity contribution is -0.139. The van der Waals surface area contributed by atoms with Gasteiger partial charge >= 0.3 is 11.8 Å². The number of hydrogen-bond acceptors (Lipinski definition) is 3. The molecule has 2 amide bonds. The number of nitrogens with one attached hydrogen (secondary N) is 2. The van der Waals surface area contributed by atoms with Gasteiger partial charge in [-0.15, -0.1) is 0 Å². The molecule has 6 heteroatoms. The van der Waals surface area contributed by atoms with Crippen molar-refractivity contribution in [1.82, 2.24) is 15.2 Å². The molecule has 0 aliphatic heterocycles. The van der Waals surface area contributed by atoms with Gasteiger partial charge in [0.15, 0.2) is 0 Å². The first kappa shape index (κ1) is 18.7. The van der Waals surface area contributed by atoms with Crippen LogP contribution in [0.3, 0.4) is 0 Å². The number of aliphatic hydroxyl groups is 1. The average Bonchev–Trinajstić information content (AvgIpc) is 3.02. The molecule has 3 N–H and O–H groups in total. The van der Waals surface area contributed by atoms with Gasteiger partial charge in [-0.05, 0) is 18.6 Å². The normalized spacial score (nSPS) is 12.0. The van der Waals surface area contributed by atoms with Crippen LogP contribution in [0.25, 0.3) is 10.9 Å². The Morgan fingerprint density at radius 2 is 1.70 bits per heavy atom. The van der Waals surface area contributed by atoms with E-state index in [9.17, 15) is 14.7 Å². The zero-order chi connectivity index (χ0) is 19.4. The molecule has 1 heterocycles. The van der Waals surface area contributed by atoms with E-state index in [0.29, 0.717) is 5.56 Å². The standard InChI is InChI=1S/C21H23N3O3/c1-14-7-9-15(10-8-14)11-22-20(26)21(27)23-12-19(25)17-13-24(2)18-6-4-3-5-16(17)18/h3-10,13,19,25H,11-12H2,1-2H3,(H,22,26)(H,23,27). The molecule has 0 aliphatic rings. The summed E-state index contributed by atoms with van der Waals surface area (Å²) < 4.78 is 1.92. The molecule has 6 nitrogen and oxygen atoms in total. The van der Waals surface area contributed by atoms with Crippen LogP contribution < -0.4 is 10.6 Å². The second-order valence-electron chi connectivity index (χ2n) is 6.61. The van der Waals surface area contributed by atoms with E-state index in [1.165, 1.54) is 0 Å². The van der Waals surface area contributed by atoms with Crippen LogP contribution in [0, 0.1) is 6.92 Å². The number of benzene rings is 2. The first-order valence-electron chi connectivity index (χ1n) is 8.79. The molecule has 140 valence electrons. The summed E-state index contributed by atoms with van der Waals surface area (Å²) in [6.07, 6.45) is 0.934. The minimum atomic E-state index is -0.898. The van der Waals surface area contributed by atoms with Crippen molar-refractivity contribution < 1.29 is 14.7 Å². The number of fused-ring (bicyclic) bond motifs is 1. The largest absolute Gasteiger partial charge is 0.386 e. The van der Waals surface area contributed by atoms with Gasteiger partial charge in [0.1, 0.15) is 0 Å². The van der Waals surface area contributed by atoms with Crippen molar-refractivity contribution in [1.29, 1.82) is 0 Å². The van der Waals surface area contributed by atoms with Gasteiger partial charge in [0.2, 0.25) is 0 Å². The summed E-state index contributed by atoms with van der Waals surface area (Å²) in [5, 5.41) is 16.4. The molecule has 0 fully saturated rings. The third-order valence-corrected chi connectivity index (χ3v) is 4.52. The number of aliphatic hydroxyl groups excluding tert-OH is 1. The van der Waals surface area contributed by atoms with Crippen molar-refractivity contribution in [3.05, 3.63) is 71.4 Å². The van der Waals surface area contributed by atoms with Crippen LogP contribution in [-0.2, 0) is 23.2 Å². The van der Waals surface area contributed by atoms with Gasteiger partial charge < -0.3 is 20.3 Å². The molecule has 0 bridgehead atoms. The zero-order valence-corrected chi connectivity index (χ0v) is 15.4. The van der Waals surface area contributed by atoms with Crippen molar-refractivity contribution in [2.75, 3.05) is 6.54 Å². The Kier molecular flexibility index (Phi) is 5.57. The van der Waals surface area contributed by atoms with E-state index >= 15 is 0 Å². The first-order chi connectivity index (χ1) is 13.0. The maximum Gasteiger partial charge on any atom is 0.309 e. The number of rotatable bonds is 5. The number of aromatic nitrogens is 1. The predicted octanol–water partition coefficient (Wildman–Crippen LogP) is 1.95. The van der Waals surface area contributed by atoms with Crippen molar-refractivity contribution in [2.45, 2.75) is 19.6 Å². The van der Waals surface area contributed by atoms with Gasteiger partial charge in [0.05, 0.1) is 6.10 Å². The molecule has 0 saturated carbocycles. The highest BCUT2D eigenvalue weighted by atomic mass is 16.3. The summed E-state index contributed by atoms with van der Waals surface area (Å²) in [6, 6.07) is 15.4. The van der Waals surface area contributed by atoms with Gasteiger partial charge in [0, 0.05) is 42.8 Å². The molecule has 2 aromatic carbocycles. The highest BCUT2D eigenvalue weighted by Gasteiger charge is 2.18.